The lowest BCUT2D eigenvalue weighted by Gasteiger charge is -2.32. The molecule has 0 radical (unpaired) electrons. The highest BCUT2D eigenvalue weighted by Crippen LogP contribution is 2.14. The van der Waals surface area contributed by atoms with Crippen molar-refractivity contribution in [2.24, 2.45) is 0 Å². The molecule has 0 saturated carbocycles. The number of hydrogen-bond acceptors (Lipinski definition) is 2. The summed E-state index contributed by atoms with van der Waals surface area (Å²) in [5.41, 5.74) is 2.19. The van der Waals surface area contributed by atoms with E-state index in [4.69, 9.17) is 6.42 Å². The number of amides is 1. The Kier molecular flexibility index (Phi) is 4.97. The van der Waals surface area contributed by atoms with E-state index in [0.717, 1.165) is 38.0 Å². The summed E-state index contributed by atoms with van der Waals surface area (Å²) in [6, 6.07) is 8.40. The van der Waals surface area contributed by atoms with Crippen LogP contribution in [0.25, 0.3) is 0 Å². The number of nitrogens with zero attached hydrogens (tertiary/aromatic N) is 1. The maximum Gasteiger partial charge on any atom is 0.243 e. The number of rotatable bonds is 4. The maximum atomic E-state index is 11.3. The molecule has 1 aliphatic heterocycles. The molecule has 0 spiro atoms. The molecule has 2 rings (SSSR count). The molecule has 1 saturated heterocycles. The molecule has 1 aromatic rings. The summed E-state index contributed by atoms with van der Waals surface area (Å²) in [7, 11) is 0. The van der Waals surface area contributed by atoms with E-state index in [9.17, 15) is 4.79 Å². The number of carbonyl (C=O) groups excluding carboxylic acids is 1. The number of carbonyl (C=O) groups is 1. The van der Waals surface area contributed by atoms with Gasteiger partial charge in [-0.15, -0.1) is 6.42 Å². The van der Waals surface area contributed by atoms with Crippen molar-refractivity contribution in [3.05, 3.63) is 48.0 Å². The van der Waals surface area contributed by atoms with Crippen LogP contribution in [-0.2, 0) is 11.3 Å². The molecule has 0 aromatic heterocycles. The SMILES string of the molecule is C#Cc1ccc(CN2CCC(NC(=O)C=C)CC2)cc1. The van der Waals surface area contributed by atoms with E-state index in [2.05, 4.69) is 34.8 Å². The van der Waals surface area contributed by atoms with Gasteiger partial charge in [-0.2, -0.15) is 0 Å². The molecule has 0 unspecified atom stereocenters. The van der Waals surface area contributed by atoms with Crippen LogP contribution in [0.15, 0.2) is 36.9 Å². The zero-order valence-corrected chi connectivity index (χ0v) is 11.6. The fourth-order valence-corrected chi connectivity index (χ4v) is 2.46. The van der Waals surface area contributed by atoms with Crippen LogP contribution in [0.2, 0.25) is 0 Å². The van der Waals surface area contributed by atoms with E-state index in [0.29, 0.717) is 0 Å². The van der Waals surface area contributed by atoms with E-state index in [1.54, 1.807) is 0 Å². The first-order chi connectivity index (χ1) is 9.71. The zero-order valence-electron chi connectivity index (χ0n) is 11.6. The van der Waals surface area contributed by atoms with Gasteiger partial charge >= 0.3 is 0 Å². The summed E-state index contributed by atoms with van der Waals surface area (Å²) >= 11 is 0. The van der Waals surface area contributed by atoms with Gasteiger partial charge in [0.2, 0.25) is 5.91 Å². The zero-order chi connectivity index (χ0) is 14.4. The van der Waals surface area contributed by atoms with E-state index in [1.165, 1.54) is 11.6 Å². The molecule has 3 heteroatoms. The average molecular weight is 268 g/mol. The third-order valence-corrected chi connectivity index (χ3v) is 3.65. The molecule has 104 valence electrons. The third kappa shape index (κ3) is 3.97. The van der Waals surface area contributed by atoms with Crippen LogP contribution in [0, 0.1) is 12.3 Å². The fourth-order valence-electron chi connectivity index (χ4n) is 2.46. The second kappa shape index (κ2) is 6.93. The predicted molar refractivity (Wildman–Crippen MR) is 81.0 cm³/mol. The molecule has 1 amide bonds. The van der Waals surface area contributed by atoms with Crippen LogP contribution in [0.5, 0.6) is 0 Å². The van der Waals surface area contributed by atoms with Crippen LogP contribution < -0.4 is 5.32 Å². The largest absolute Gasteiger partial charge is 0.350 e. The highest BCUT2D eigenvalue weighted by molar-refractivity contribution is 5.87. The van der Waals surface area contributed by atoms with Gasteiger partial charge in [0, 0.05) is 31.2 Å². The fraction of sp³-hybridized carbons (Fsp3) is 0.353. The van der Waals surface area contributed by atoms with Gasteiger partial charge in [0.25, 0.3) is 0 Å². The Morgan fingerprint density at radius 3 is 2.60 bits per heavy atom. The van der Waals surface area contributed by atoms with Crippen LogP contribution >= 0.6 is 0 Å². The molecule has 1 aliphatic rings. The Hall–Kier alpha value is -2.05. The minimum atomic E-state index is -0.0756. The minimum absolute atomic E-state index is 0.0756. The lowest BCUT2D eigenvalue weighted by atomic mass is 10.0. The van der Waals surface area contributed by atoms with Crippen LogP contribution in [0.4, 0.5) is 0 Å². The van der Waals surface area contributed by atoms with Gasteiger partial charge in [-0.1, -0.05) is 24.6 Å². The number of terminal acetylenes is 1. The normalized spacial score (nSPS) is 16.4. The van der Waals surface area contributed by atoms with Crippen molar-refractivity contribution in [3.63, 3.8) is 0 Å². The summed E-state index contributed by atoms with van der Waals surface area (Å²) in [5.74, 6) is 2.55. The molecular formula is C17H20N2O. The Morgan fingerprint density at radius 1 is 1.40 bits per heavy atom. The number of nitrogens with one attached hydrogen (secondary N) is 1. The monoisotopic (exact) mass is 268 g/mol. The Labute approximate surface area is 120 Å². The van der Waals surface area contributed by atoms with E-state index < -0.39 is 0 Å². The van der Waals surface area contributed by atoms with Gasteiger partial charge in [0.1, 0.15) is 0 Å². The van der Waals surface area contributed by atoms with Crippen molar-refractivity contribution in [1.29, 1.82) is 0 Å². The summed E-state index contributed by atoms with van der Waals surface area (Å²) in [6.45, 7) is 6.41. The van der Waals surface area contributed by atoms with Gasteiger partial charge < -0.3 is 5.32 Å². The minimum Gasteiger partial charge on any atom is -0.350 e. The summed E-state index contributed by atoms with van der Waals surface area (Å²) < 4.78 is 0. The number of piperidine rings is 1. The average Bonchev–Trinajstić information content (AvgIpc) is 2.50. The standard InChI is InChI=1S/C17H20N2O/c1-3-14-5-7-15(8-6-14)13-19-11-9-16(10-12-19)18-17(20)4-2/h1,4-8,16H,2,9-13H2,(H,18,20). The summed E-state index contributed by atoms with van der Waals surface area (Å²) in [4.78, 5) is 13.7. The third-order valence-electron chi connectivity index (χ3n) is 3.65. The smallest absolute Gasteiger partial charge is 0.243 e. The number of benzene rings is 1. The lowest BCUT2D eigenvalue weighted by molar-refractivity contribution is -0.117. The van der Waals surface area contributed by atoms with E-state index in [1.807, 2.05) is 12.1 Å². The van der Waals surface area contributed by atoms with Gasteiger partial charge in [0.15, 0.2) is 0 Å². The quantitative estimate of drug-likeness (QED) is 0.668. The second-order valence-electron chi connectivity index (χ2n) is 5.10. The van der Waals surface area contributed by atoms with Crippen LogP contribution in [0.3, 0.4) is 0 Å². The van der Waals surface area contributed by atoms with Crippen molar-refractivity contribution in [1.82, 2.24) is 10.2 Å². The van der Waals surface area contributed by atoms with Crippen molar-refractivity contribution < 1.29 is 4.79 Å². The molecule has 20 heavy (non-hydrogen) atoms. The van der Waals surface area contributed by atoms with E-state index in [-0.39, 0.29) is 11.9 Å². The Bertz CT molecular complexity index is 505. The Balaban J connectivity index is 1.80. The van der Waals surface area contributed by atoms with Crippen LogP contribution in [-0.4, -0.2) is 29.9 Å². The molecule has 1 N–H and O–H groups in total. The predicted octanol–water partition coefficient (Wildman–Crippen LogP) is 1.93. The van der Waals surface area contributed by atoms with Crippen molar-refractivity contribution >= 4 is 5.91 Å². The Morgan fingerprint density at radius 2 is 2.05 bits per heavy atom. The van der Waals surface area contributed by atoms with Crippen molar-refractivity contribution in [2.45, 2.75) is 25.4 Å². The molecule has 0 bridgehead atoms. The van der Waals surface area contributed by atoms with Gasteiger partial charge in [-0.05, 0) is 36.6 Å². The second-order valence-corrected chi connectivity index (χ2v) is 5.10. The molecule has 0 aliphatic carbocycles. The lowest BCUT2D eigenvalue weighted by Crippen LogP contribution is -2.43. The molecule has 1 aromatic carbocycles. The first kappa shape index (κ1) is 14.4. The highest BCUT2D eigenvalue weighted by Gasteiger charge is 2.19. The molecule has 0 atom stereocenters. The number of likely N-dealkylation sites (tertiary alicyclic amines) is 1. The van der Waals surface area contributed by atoms with Crippen LogP contribution in [0.1, 0.15) is 24.0 Å². The van der Waals surface area contributed by atoms with Gasteiger partial charge in [0.05, 0.1) is 0 Å². The molecular weight excluding hydrogens is 248 g/mol. The van der Waals surface area contributed by atoms with Gasteiger partial charge in [-0.25, -0.2) is 0 Å². The maximum absolute atomic E-state index is 11.3. The summed E-state index contributed by atoms with van der Waals surface area (Å²) in [5, 5.41) is 2.96. The van der Waals surface area contributed by atoms with Crippen molar-refractivity contribution in [2.75, 3.05) is 13.1 Å². The highest BCUT2D eigenvalue weighted by atomic mass is 16.1. The van der Waals surface area contributed by atoms with E-state index >= 15 is 0 Å². The topological polar surface area (TPSA) is 32.3 Å². The first-order valence-electron chi connectivity index (χ1n) is 6.92. The number of hydrogen-bond donors (Lipinski definition) is 1. The molecule has 1 fully saturated rings. The first-order valence-corrected chi connectivity index (χ1v) is 6.92. The molecule has 3 nitrogen and oxygen atoms in total. The molecule has 1 heterocycles. The van der Waals surface area contributed by atoms with Crippen molar-refractivity contribution in [3.8, 4) is 12.3 Å². The summed E-state index contributed by atoms with van der Waals surface area (Å²) in [6.07, 6.45) is 8.66. The van der Waals surface area contributed by atoms with Gasteiger partial charge in [-0.3, -0.25) is 9.69 Å².